The number of aryl methyl sites for hydroxylation is 1. The number of hydrogen-bond acceptors (Lipinski definition) is 4. The highest BCUT2D eigenvalue weighted by molar-refractivity contribution is 5.70. The van der Waals surface area contributed by atoms with Crippen LogP contribution in [-0.4, -0.2) is 29.4 Å². The quantitative estimate of drug-likeness (QED) is 0.562. The molecular weight excluding hydrogens is 368 g/mol. The molecule has 1 atom stereocenters. The third kappa shape index (κ3) is 4.50. The van der Waals surface area contributed by atoms with Gasteiger partial charge in [-0.2, -0.15) is 0 Å². The van der Waals surface area contributed by atoms with E-state index < -0.39 is 5.60 Å². The zero-order valence-electron chi connectivity index (χ0n) is 17.5. The number of nitrogens with zero attached hydrogens (tertiary/aromatic N) is 4. The molecule has 0 fully saturated rings. The summed E-state index contributed by atoms with van der Waals surface area (Å²) in [7, 11) is 0. The molecule has 0 radical (unpaired) electrons. The van der Waals surface area contributed by atoms with Gasteiger partial charge in [-0.3, -0.25) is 13.9 Å². The fourth-order valence-corrected chi connectivity index (χ4v) is 3.57. The van der Waals surface area contributed by atoms with Crippen LogP contribution in [0, 0.1) is 0 Å². The van der Waals surface area contributed by atoms with Gasteiger partial charge in [0.15, 0.2) is 11.2 Å². The topological polar surface area (TPSA) is 82.0 Å². The van der Waals surface area contributed by atoms with Crippen molar-refractivity contribution in [3.8, 4) is 0 Å². The summed E-state index contributed by atoms with van der Waals surface area (Å²) in [6.45, 7) is 6.95. The first kappa shape index (κ1) is 21.0. The van der Waals surface area contributed by atoms with Crippen molar-refractivity contribution >= 4 is 11.2 Å². The number of unbranched alkanes of at least 4 members (excludes halogenated alkanes) is 1. The van der Waals surface area contributed by atoms with Crippen LogP contribution in [0.15, 0.2) is 46.2 Å². The van der Waals surface area contributed by atoms with Gasteiger partial charge in [-0.25, -0.2) is 9.78 Å². The Kier molecular flexibility index (Phi) is 6.37. The standard InChI is InChI=1S/C22H30N4O3/c1-4-22(3,29)13-9-10-14-26-20(27)18-19(25(5-2)21(26)28)23-16-24(18)15-17-11-7-6-8-12-17/h6-8,11-12,16,29H,4-5,9-10,13-15H2,1-3H3. The predicted octanol–water partition coefficient (Wildman–Crippen LogP) is 2.76. The van der Waals surface area contributed by atoms with E-state index in [0.29, 0.717) is 50.1 Å². The number of rotatable bonds is 9. The minimum absolute atomic E-state index is 0.301. The maximum atomic E-state index is 13.2. The molecule has 7 heteroatoms. The Morgan fingerprint density at radius 2 is 1.79 bits per heavy atom. The molecule has 0 bridgehead atoms. The highest BCUT2D eigenvalue weighted by Gasteiger charge is 2.19. The van der Waals surface area contributed by atoms with Gasteiger partial charge in [0.25, 0.3) is 5.56 Å². The van der Waals surface area contributed by atoms with Gasteiger partial charge in [-0.15, -0.1) is 0 Å². The van der Waals surface area contributed by atoms with Crippen molar-refractivity contribution in [1.29, 1.82) is 0 Å². The number of aromatic nitrogens is 4. The minimum atomic E-state index is -0.702. The Morgan fingerprint density at radius 3 is 2.45 bits per heavy atom. The van der Waals surface area contributed by atoms with Gasteiger partial charge in [-0.1, -0.05) is 37.3 Å². The van der Waals surface area contributed by atoms with E-state index in [2.05, 4.69) is 4.98 Å². The first-order valence-electron chi connectivity index (χ1n) is 10.3. The second-order valence-electron chi connectivity index (χ2n) is 7.82. The average molecular weight is 399 g/mol. The summed E-state index contributed by atoms with van der Waals surface area (Å²) in [5.41, 5.74) is 0.628. The summed E-state index contributed by atoms with van der Waals surface area (Å²) in [6.07, 6.45) is 4.37. The molecule has 2 heterocycles. The molecule has 29 heavy (non-hydrogen) atoms. The van der Waals surface area contributed by atoms with Crippen molar-refractivity contribution in [2.75, 3.05) is 0 Å². The molecule has 0 amide bonds. The lowest BCUT2D eigenvalue weighted by Crippen LogP contribution is -2.40. The predicted molar refractivity (Wildman–Crippen MR) is 114 cm³/mol. The molecule has 3 aromatic rings. The van der Waals surface area contributed by atoms with E-state index in [4.69, 9.17) is 0 Å². The van der Waals surface area contributed by atoms with Crippen LogP contribution in [0.3, 0.4) is 0 Å². The number of aliphatic hydroxyl groups is 1. The molecule has 1 unspecified atom stereocenters. The van der Waals surface area contributed by atoms with Gasteiger partial charge in [0.05, 0.1) is 11.9 Å². The van der Waals surface area contributed by atoms with Crippen LogP contribution in [0.5, 0.6) is 0 Å². The SMILES string of the molecule is CCn1c(=O)n(CCCCC(C)(O)CC)c(=O)c2c1ncn2Cc1ccccc1. The Hall–Kier alpha value is -2.67. The van der Waals surface area contributed by atoms with Gasteiger partial charge >= 0.3 is 5.69 Å². The van der Waals surface area contributed by atoms with Crippen molar-refractivity contribution in [2.45, 2.75) is 71.7 Å². The normalized spacial score (nSPS) is 13.7. The molecule has 2 aromatic heterocycles. The summed E-state index contributed by atoms with van der Waals surface area (Å²) >= 11 is 0. The summed E-state index contributed by atoms with van der Waals surface area (Å²) in [5.74, 6) is 0. The first-order chi connectivity index (χ1) is 13.9. The van der Waals surface area contributed by atoms with Crippen LogP contribution in [0.1, 0.15) is 52.0 Å². The van der Waals surface area contributed by atoms with E-state index in [1.54, 1.807) is 10.9 Å². The maximum absolute atomic E-state index is 13.2. The lowest BCUT2D eigenvalue weighted by molar-refractivity contribution is 0.0440. The van der Waals surface area contributed by atoms with Crippen molar-refractivity contribution in [1.82, 2.24) is 18.7 Å². The molecule has 0 aliphatic rings. The molecule has 0 saturated heterocycles. The molecule has 1 aromatic carbocycles. The smallest absolute Gasteiger partial charge is 0.332 e. The van der Waals surface area contributed by atoms with Gasteiger partial charge < -0.3 is 9.67 Å². The molecule has 0 spiro atoms. The van der Waals surface area contributed by atoms with E-state index >= 15 is 0 Å². The van der Waals surface area contributed by atoms with Crippen LogP contribution in [0.25, 0.3) is 11.2 Å². The zero-order valence-corrected chi connectivity index (χ0v) is 17.5. The van der Waals surface area contributed by atoms with E-state index in [1.807, 2.05) is 55.7 Å². The van der Waals surface area contributed by atoms with Crippen molar-refractivity contribution < 1.29 is 5.11 Å². The highest BCUT2D eigenvalue weighted by atomic mass is 16.3. The molecule has 0 saturated carbocycles. The second kappa shape index (κ2) is 8.78. The molecule has 7 nitrogen and oxygen atoms in total. The third-order valence-corrected chi connectivity index (χ3v) is 5.60. The summed E-state index contributed by atoms with van der Waals surface area (Å²) in [6, 6.07) is 9.87. The fourth-order valence-electron chi connectivity index (χ4n) is 3.57. The van der Waals surface area contributed by atoms with E-state index in [9.17, 15) is 14.7 Å². The lowest BCUT2D eigenvalue weighted by Gasteiger charge is -2.20. The molecule has 1 N–H and O–H groups in total. The lowest BCUT2D eigenvalue weighted by atomic mass is 9.96. The fraction of sp³-hybridized carbons (Fsp3) is 0.500. The second-order valence-corrected chi connectivity index (χ2v) is 7.82. The van der Waals surface area contributed by atoms with Crippen molar-refractivity contribution in [2.24, 2.45) is 0 Å². The Balaban J connectivity index is 1.94. The van der Waals surface area contributed by atoms with Gasteiger partial charge in [0, 0.05) is 19.6 Å². The molecule has 0 aliphatic heterocycles. The van der Waals surface area contributed by atoms with Gasteiger partial charge in [0.1, 0.15) is 0 Å². The zero-order chi connectivity index (χ0) is 21.0. The molecule has 3 rings (SSSR count). The molecular formula is C22H30N4O3. The molecule has 156 valence electrons. The van der Waals surface area contributed by atoms with E-state index in [0.717, 1.165) is 12.0 Å². The van der Waals surface area contributed by atoms with Crippen LogP contribution in [-0.2, 0) is 19.6 Å². The number of benzene rings is 1. The average Bonchev–Trinajstić information content (AvgIpc) is 3.12. The number of hydrogen-bond donors (Lipinski definition) is 1. The van der Waals surface area contributed by atoms with E-state index in [-0.39, 0.29) is 11.2 Å². The van der Waals surface area contributed by atoms with Crippen LogP contribution in [0.2, 0.25) is 0 Å². The van der Waals surface area contributed by atoms with Gasteiger partial charge in [-0.05, 0) is 45.1 Å². The summed E-state index contributed by atoms with van der Waals surface area (Å²) < 4.78 is 4.69. The largest absolute Gasteiger partial charge is 0.390 e. The summed E-state index contributed by atoms with van der Waals surface area (Å²) in [5, 5.41) is 10.2. The monoisotopic (exact) mass is 398 g/mol. The first-order valence-corrected chi connectivity index (χ1v) is 10.3. The number of imidazole rings is 1. The summed E-state index contributed by atoms with van der Waals surface area (Å²) in [4.78, 5) is 30.4. The van der Waals surface area contributed by atoms with Gasteiger partial charge in [0.2, 0.25) is 0 Å². The van der Waals surface area contributed by atoms with Crippen molar-refractivity contribution in [3.05, 3.63) is 63.1 Å². The van der Waals surface area contributed by atoms with E-state index in [1.165, 1.54) is 4.57 Å². The van der Waals surface area contributed by atoms with Crippen LogP contribution < -0.4 is 11.2 Å². The van der Waals surface area contributed by atoms with Crippen molar-refractivity contribution in [3.63, 3.8) is 0 Å². The molecule has 0 aliphatic carbocycles. The third-order valence-electron chi connectivity index (χ3n) is 5.60. The van der Waals surface area contributed by atoms with Crippen LogP contribution in [0.4, 0.5) is 0 Å². The minimum Gasteiger partial charge on any atom is -0.390 e. The highest BCUT2D eigenvalue weighted by Crippen LogP contribution is 2.17. The maximum Gasteiger partial charge on any atom is 0.332 e. The van der Waals surface area contributed by atoms with Crippen LogP contribution >= 0.6 is 0 Å². The Morgan fingerprint density at radius 1 is 1.07 bits per heavy atom. The Bertz CT molecular complexity index is 1080. The number of fused-ring (bicyclic) bond motifs is 1. The Labute approximate surface area is 170 Å².